The van der Waals surface area contributed by atoms with Crippen molar-refractivity contribution in [2.45, 2.75) is 30.4 Å². The Morgan fingerprint density at radius 2 is 1.76 bits per heavy atom. The molecule has 3 N–H and O–H groups in total. The molecule has 3 aromatic rings. The number of benzene rings is 2. The minimum atomic E-state index is -2.83. The molecule has 0 fully saturated rings. The van der Waals surface area contributed by atoms with Gasteiger partial charge >= 0.3 is 0 Å². The molecule has 9 heteroatoms. The quantitative estimate of drug-likeness (QED) is 0.481. The monoisotopic (exact) mass is 436 g/mol. The average molecular weight is 437 g/mol. The van der Waals surface area contributed by atoms with Crippen molar-refractivity contribution in [1.82, 2.24) is 4.98 Å². The number of carbonyl (C=O) groups excluding carboxylic acids is 1. The fraction of sp³-hybridized carbons (Fsp3) is 0.300. The third kappa shape index (κ3) is 4.64. The number of rotatable bonds is 7. The van der Waals surface area contributed by atoms with E-state index in [-0.39, 0.29) is 17.6 Å². The zero-order valence-electron chi connectivity index (χ0n) is 16.6. The largest absolute Gasteiger partial charge is 0.493 e. The highest BCUT2D eigenvalue weighted by Crippen LogP contribution is 2.52. The number of thiazole rings is 1. The maximum atomic E-state index is 12.4. The second kappa shape index (κ2) is 8.58. The van der Waals surface area contributed by atoms with Crippen molar-refractivity contribution in [3.8, 4) is 11.5 Å². The second-order valence-electron chi connectivity index (χ2n) is 6.70. The summed E-state index contributed by atoms with van der Waals surface area (Å²) in [6.45, 7) is 3.53. The molecule has 0 saturated carbocycles. The van der Waals surface area contributed by atoms with Gasteiger partial charge in [-0.15, -0.1) is 0 Å². The topological polar surface area (TPSA) is 101 Å². The third-order valence-corrected chi connectivity index (χ3v) is 7.65. The average Bonchev–Trinajstić information content (AvgIpc) is 3.07. The first-order valence-electron chi connectivity index (χ1n) is 8.93. The van der Waals surface area contributed by atoms with Gasteiger partial charge in [0.2, 0.25) is 5.91 Å². The second-order valence-corrected chi connectivity index (χ2v) is 10.3. The van der Waals surface area contributed by atoms with E-state index in [1.54, 1.807) is 58.4 Å². The van der Waals surface area contributed by atoms with Crippen molar-refractivity contribution in [2.24, 2.45) is 0 Å². The molecule has 0 unspecified atom stereocenters. The van der Waals surface area contributed by atoms with Crippen molar-refractivity contribution < 1.29 is 23.4 Å². The smallest absolute Gasteiger partial charge is 0.230 e. The minimum Gasteiger partial charge on any atom is -0.493 e. The number of fused-ring (bicyclic) bond motifs is 1. The van der Waals surface area contributed by atoms with Crippen LogP contribution in [0, 0.1) is 0 Å². The van der Waals surface area contributed by atoms with E-state index in [4.69, 9.17) is 9.47 Å². The van der Waals surface area contributed by atoms with Crippen molar-refractivity contribution in [1.29, 1.82) is 0 Å². The van der Waals surface area contributed by atoms with Gasteiger partial charge in [-0.05, 0) is 31.5 Å². The molecule has 7 nitrogen and oxygen atoms in total. The molecule has 0 aliphatic rings. The Morgan fingerprint density at radius 3 is 2.34 bits per heavy atom. The van der Waals surface area contributed by atoms with E-state index in [2.05, 4.69) is 10.3 Å². The van der Waals surface area contributed by atoms with Crippen molar-refractivity contribution in [3.05, 3.63) is 42.0 Å². The number of carbonyl (C=O) groups is 1. The highest BCUT2D eigenvalue weighted by molar-refractivity contribution is 8.24. The van der Waals surface area contributed by atoms with Crippen LogP contribution in [-0.2, 0) is 11.2 Å². The summed E-state index contributed by atoms with van der Waals surface area (Å²) in [5.41, 5.74) is 1.49. The number of nitrogens with zero attached hydrogens (tertiary/aromatic N) is 1. The number of hydrogen-bond donors (Lipinski definition) is 3. The third-order valence-electron chi connectivity index (χ3n) is 4.43. The van der Waals surface area contributed by atoms with Gasteiger partial charge in [-0.3, -0.25) is 13.9 Å². The number of nitrogens with one attached hydrogen (secondary N) is 1. The molecule has 3 rings (SSSR count). The first kappa shape index (κ1) is 21.4. The van der Waals surface area contributed by atoms with Crippen LogP contribution in [0.15, 0.2) is 41.3 Å². The van der Waals surface area contributed by atoms with Crippen LogP contribution in [0.1, 0.15) is 19.4 Å². The van der Waals surface area contributed by atoms with Gasteiger partial charge in [0, 0.05) is 17.4 Å². The van der Waals surface area contributed by atoms with Crippen LogP contribution in [0.2, 0.25) is 0 Å². The highest BCUT2D eigenvalue weighted by atomic mass is 32.3. The molecule has 0 aliphatic carbocycles. The molecule has 0 spiro atoms. The predicted octanol–water partition coefficient (Wildman–Crippen LogP) is 5.01. The summed E-state index contributed by atoms with van der Waals surface area (Å²) in [5.74, 6) is 0.982. The lowest BCUT2D eigenvalue weighted by Crippen LogP contribution is -2.14. The summed E-state index contributed by atoms with van der Waals surface area (Å²) in [5, 5.41) is 3.03. The van der Waals surface area contributed by atoms with E-state index >= 15 is 0 Å². The van der Waals surface area contributed by atoms with Crippen LogP contribution in [-0.4, -0.2) is 39.5 Å². The summed E-state index contributed by atoms with van der Waals surface area (Å²) >= 11 is 1.35. The number of aromatic nitrogens is 1. The number of amides is 1. The van der Waals surface area contributed by atoms with Gasteiger partial charge in [0.05, 0.1) is 35.8 Å². The lowest BCUT2D eigenvalue weighted by molar-refractivity contribution is -0.115. The maximum Gasteiger partial charge on any atom is 0.230 e. The van der Waals surface area contributed by atoms with Gasteiger partial charge in [-0.25, -0.2) is 4.98 Å². The van der Waals surface area contributed by atoms with Gasteiger partial charge in [-0.1, -0.05) is 23.5 Å². The van der Waals surface area contributed by atoms with E-state index in [0.717, 1.165) is 10.3 Å². The van der Waals surface area contributed by atoms with Gasteiger partial charge in [0.25, 0.3) is 0 Å². The van der Waals surface area contributed by atoms with E-state index in [0.29, 0.717) is 27.0 Å². The van der Waals surface area contributed by atoms with Gasteiger partial charge in [0.15, 0.2) is 16.6 Å². The van der Waals surface area contributed by atoms with Crippen molar-refractivity contribution >= 4 is 43.2 Å². The fourth-order valence-corrected chi connectivity index (χ4v) is 4.71. The number of hydrogen-bond acceptors (Lipinski definition) is 7. The number of methoxy groups -OCH3 is 2. The van der Waals surface area contributed by atoms with Gasteiger partial charge in [0.1, 0.15) is 0 Å². The number of anilines is 1. The van der Waals surface area contributed by atoms with E-state index in [9.17, 15) is 13.9 Å². The van der Waals surface area contributed by atoms with Crippen LogP contribution >= 0.6 is 21.9 Å². The molecule has 156 valence electrons. The Hall–Kier alpha value is -2.33. The SMILES string of the molecule is COc1cc2nc(NC(=O)Cc3ccc(S(O)(O)C(C)C)cc3)sc2cc1OC. The number of ether oxygens (including phenoxy) is 2. The molecule has 1 aromatic heterocycles. The zero-order chi connectivity index (χ0) is 21.2. The van der Waals surface area contributed by atoms with Crippen LogP contribution in [0.3, 0.4) is 0 Å². The minimum absolute atomic E-state index is 0.156. The Labute approximate surface area is 175 Å². The van der Waals surface area contributed by atoms with Crippen LogP contribution < -0.4 is 14.8 Å². The lowest BCUT2D eigenvalue weighted by atomic mass is 10.1. The van der Waals surface area contributed by atoms with Crippen molar-refractivity contribution in [2.75, 3.05) is 19.5 Å². The molecule has 29 heavy (non-hydrogen) atoms. The van der Waals surface area contributed by atoms with E-state index < -0.39 is 10.6 Å². The van der Waals surface area contributed by atoms with Gasteiger partial charge in [-0.2, -0.15) is 10.6 Å². The predicted molar refractivity (Wildman–Crippen MR) is 118 cm³/mol. The summed E-state index contributed by atoms with van der Waals surface area (Å²) < 4.78 is 31.9. The maximum absolute atomic E-state index is 12.4. The summed E-state index contributed by atoms with van der Waals surface area (Å²) in [6.07, 6.45) is 0.156. The van der Waals surface area contributed by atoms with Gasteiger partial charge < -0.3 is 14.8 Å². The highest BCUT2D eigenvalue weighted by Gasteiger charge is 2.20. The first-order chi connectivity index (χ1) is 13.7. The molecule has 2 aromatic carbocycles. The summed E-state index contributed by atoms with van der Waals surface area (Å²) in [6, 6.07) is 10.4. The standard InChI is InChI=1S/C20H24N2O5S2/c1-12(2)29(24,25)14-7-5-13(6-8-14)9-19(23)22-20-21-15-10-16(26-3)17(27-4)11-18(15)28-20/h5-8,10-12,24-25H,9H2,1-4H3,(H,21,22,23). The molecule has 0 atom stereocenters. The molecule has 1 amide bonds. The molecule has 0 aliphatic heterocycles. The Morgan fingerprint density at radius 1 is 1.14 bits per heavy atom. The molecule has 0 bridgehead atoms. The molecular weight excluding hydrogens is 412 g/mol. The first-order valence-corrected chi connectivity index (χ1v) is 11.4. The Bertz CT molecular complexity index is 975. The summed E-state index contributed by atoms with van der Waals surface area (Å²) in [7, 11) is 0.302. The van der Waals surface area contributed by atoms with E-state index in [1.165, 1.54) is 11.3 Å². The Balaban J connectivity index is 1.71. The molecule has 0 saturated heterocycles. The van der Waals surface area contributed by atoms with Crippen LogP contribution in [0.4, 0.5) is 5.13 Å². The Kier molecular flexibility index (Phi) is 6.33. The summed E-state index contributed by atoms with van der Waals surface area (Å²) in [4.78, 5) is 17.3. The van der Waals surface area contributed by atoms with Crippen LogP contribution in [0.5, 0.6) is 11.5 Å². The van der Waals surface area contributed by atoms with E-state index in [1.807, 2.05) is 6.07 Å². The normalized spacial score (nSPS) is 12.2. The molecule has 0 radical (unpaired) electrons. The fourth-order valence-electron chi connectivity index (χ4n) is 2.74. The molecular formula is C20H24N2O5S2. The van der Waals surface area contributed by atoms with Crippen LogP contribution in [0.25, 0.3) is 10.2 Å². The molecule has 1 heterocycles. The van der Waals surface area contributed by atoms with Crippen molar-refractivity contribution in [3.63, 3.8) is 0 Å². The zero-order valence-corrected chi connectivity index (χ0v) is 18.3. The lowest BCUT2D eigenvalue weighted by Gasteiger charge is -2.36.